The summed E-state index contributed by atoms with van der Waals surface area (Å²) in [6.07, 6.45) is 0.500. The molecule has 16 heavy (non-hydrogen) atoms. The molecule has 88 valence electrons. The molecule has 1 unspecified atom stereocenters. The zero-order valence-electron chi connectivity index (χ0n) is 9.60. The molecule has 0 spiro atoms. The number of hydrogen-bond donors (Lipinski definition) is 2. The summed E-state index contributed by atoms with van der Waals surface area (Å²) in [5, 5.41) is 13.3. The molecule has 1 aromatic rings. The Kier molecular flexibility index (Phi) is 4.34. The highest BCUT2D eigenvalue weighted by molar-refractivity contribution is 5.17. The van der Waals surface area contributed by atoms with Gasteiger partial charge in [0.15, 0.2) is 0 Å². The second-order valence-corrected chi connectivity index (χ2v) is 4.31. The molecular weight excluding hydrogens is 200 g/mol. The molecule has 2 rings (SSSR count). The van der Waals surface area contributed by atoms with Gasteiger partial charge in [0.2, 0.25) is 0 Å². The highest BCUT2D eigenvalue weighted by Crippen LogP contribution is 2.16. The van der Waals surface area contributed by atoms with Crippen molar-refractivity contribution in [2.75, 3.05) is 32.7 Å². The van der Waals surface area contributed by atoms with E-state index in [-0.39, 0.29) is 6.10 Å². The average Bonchev–Trinajstić information content (AvgIpc) is 2.38. The molecule has 1 heterocycles. The summed E-state index contributed by atoms with van der Waals surface area (Å²) in [7, 11) is 0. The second-order valence-electron chi connectivity index (χ2n) is 4.31. The first kappa shape index (κ1) is 11.6. The van der Waals surface area contributed by atoms with Crippen LogP contribution in [-0.4, -0.2) is 42.7 Å². The highest BCUT2D eigenvalue weighted by atomic mass is 16.3. The minimum Gasteiger partial charge on any atom is -0.388 e. The number of nitrogens with one attached hydrogen (secondary N) is 1. The van der Waals surface area contributed by atoms with Crippen molar-refractivity contribution in [1.82, 2.24) is 10.2 Å². The number of aliphatic hydroxyl groups is 1. The first-order chi connectivity index (χ1) is 7.86. The summed E-state index contributed by atoms with van der Waals surface area (Å²) in [5.74, 6) is 0. The number of benzene rings is 1. The van der Waals surface area contributed by atoms with Crippen LogP contribution in [0.2, 0.25) is 0 Å². The van der Waals surface area contributed by atoms with Gasteiger partial charge in [-0.25, -0.2) is 0 Å². The molecule has 1 atom stereocenters. The fourth-order valence-electron chi connectivity index (χ4n) is 2.08. The normalized spacial score (nSPS) is 19.6. The first-order valence-corrected chi connectivity index (χ1v) is 6.02. The maximum Gasteiger partial charge on any atom is 0.0802 e. The van der Waals surface area contributed by atoms with E-state index in [0.29, 0.717) is 0 Å². The Morgan fingerprint density at radius 2 is 1.88 bits per heavy atom. The smallest absolute Gasteiger partial charge is 0.0802 e. The summed E-state index contributed by atoms with van der Waals surface area (Å²) >= 11 is 0. The van der Waals surface area contributed by atoms with Crippen molar-refractivity contribution in [3.8, 4) is 0 Å². The van der Waals surface area contributed by atoms with Crippen LogP contribution in [0.3, 0.4) is 0 Å². The molecule has 0 radical (unpaired) electrons. The standard InChI is InChI=1S/C13H20N2O/c16-13(12-4-2-1-3-5-12)6-9-15-10-7-14-8-11-15/h1-5,13-14,16H,6-11H2. The molecule has 1 saturated heterocycles. The van der Waals surface area contributed by atoms with E-state index < -0.39 is 0 Å². The Balaban J connectivity index is 1.77. The topological polar surface area (TPSA) is 35.5 Å². The van der Waals surface area contributed by atoms with Crippen molar-refractivity contribution in [2.45, 2.75) is 12.5 Å². The van der Waals surface area contributed by atoms with Crippen LogP contribution >= 0.6 is 0 Å². The summed E-state index contributed by atoms with van der Waals surface area (Å²) in [4.78, 5) is 2.41. The van der Waals surface area contributed by atoms with Crippen molar-refractivity contribution in [3.63, 3.8) is 0 Å². The molecular formula is C13H20N2O. The molecule has 0 saturated carbocycles. The molecule has 1 fully saturated rings. The van der Waals surface area contributed by atoms with E-state index in [0.717, 1.165) is 44.7 Å². The predicted molar refractivity (Wildman–Crippen MR) is 65.3 cm³/mol. The van der Waals surface area contributed by atoms with E-state index in [1.165, 1.54) is 0 Å². The molecule has 1 aliphatic rings. The van der Waals surface area contributed by atoms with E-state index in [9.17, 15) is 5.11 Å². The lowest BCUT2D eigenvalue weighted by molar-refractivity contribution is 0.136. The average molecular weight is 220 g/mol. The quantitative estimate of drug-likeness (QED) is 0.795. The van der Waals surface area contributed by atoms with Gasteiger partial charge in [-0.3, -0.25) is 0 Å². The second kappa shape index (κ2) is 5.99. The van der Waals surface area contributed by atoms with Gasteiger partial charge in [-0.1, -0.05) is 30.3 Å². The Morgan fingerprint density at radius 3 is 2.56 bits per heavy atom. The van der Waals surface area contributed by atoms with Crippen LogP contribution < -0.4 is 5.32 Å². The fraction of sp³-hybridized carbons (Fsp3) is 0.538. The van der Waals surface area contributed by atoms with Crippen molar-refractivity contribution < 1.29 is 5.11 Å². The number of rotatable bonds is 4. The van der Waals surface area contributed by atoms with Crippen LogP contribution in [0.4, 0.5) is 0 Å². The van der Waals surface area contributed by atoms with Gasteiger partial charge in [0, 0.05) is 32.7 Å². The summed E-state index contributed by atoms with van der Waals surface area (Å²) in [5.41, 5.74) is 1.03. The molecule has 0 bridgehead atoms. The zero-order chi connectivity index (χ0) is 11.2. The molecule has 2 N–H and O–H groups in total. The van der Waals surface area contributed by atoms with Gasteiger partial charge < -0.3 is 15.3 Å². The van der Waals surface area contributed by atoms with Crippen LogP contribution in [0, 0.1) is 0 Å². The van der Waals surface area contributed by atoms with Crippen LogP contribution in [0.1, 0.15) is 18.1 Å². The molecule has 1 aliphatic heterocycles. The highest BCUT2D eigenvalue weighted by Gasteiger charge is 2.12. The van der Waals surface area contributed by atoms with Gasteiger partial charge >= 0.3 is 0 Å². The third-order valence-corrected chi connectivity index (χ3v) is 3.11. The Bertz CT molecular complexity index is 296. The van der Waals surface area contributed by atoms with Gasteiger partial charge in [0.05, 0.1) is 6.10 Å². The van der Waals surface area contributed by atoms with Crippen molar-refractivity contribution in [3.05, 3.63) is 35.9 Å². The van der Waals surface area contributed by atoms with E-state index in [1.807, 2.05) is 30.3 Å². The lowest BCUT2D eigenvalue weighted by Gasteiger charge is -2.27. The van der Waals surface area contributed by atoms with Gasteiger partial charge in [-0.05, 0) is 12.0 Å². The van der Waals surface area contributed by atoms with Gasteiger partial charge in [-0.15, -0.1) is 0 Å². The molecule has 3 nitrogen and oxygen atoms in total. The Morgan fingerprint density at radius 1 is 1.19 bits per heavy atom. The molecule has 3 heteroatoms. The maximum absolute atomic E-state index is 10.0. The Labute approximate surface area is 97.1 Å². The predicted octanol–water partition coefficient (Wildman–Crippen LogP) is 1.02. The number of nitrogens with zero attached hydrogens (tertiary/aromatic N) is 1. The molecule has 0 amide bonds. The number of aliphatic hydroxyl groups excluding tert-OH is 1. The van der Waals surface area contributed by atoms with Crippen molar-refractivity contribution in [1.29, 1.82) is 0 Å². The van der Waals surface area contributed by atoms with E-state index >= 15 is 0 Å². The number of piperazine rings is 1. The van der Waals surface area contributed by atoms with Crippen molar-refractivity contribution in [2.24, 2.45) is 0 Å². The van der Waals surface area contributed by atoms with Crippen LogP contribution in [0.15, 0.2) is 30.3 Å². The molecule has 0 aliphatic carbocycles. The largest absolute Gasteiger partial charge is 0.388 e. The fourth-order valence-corrected chi connectivity index (χ4v) is 2.08. The third-order valence-electron chi connectivity index (χ3n) is 3.11. The van der Waals surface area contributed by atoms with Gasteiger partial charge in [0.1, 0.15) is 0 Å². The summed E-state index contributed by atoms with van der Waals surface area (Å²) < 4.78 is 0. The summed E-state index contributed by atoms with van der Waals surface area (Å²) in [6.45, 7) is 5.32. The minimum absolute atomic E-state index is 0.323. The third kappa shape index (κ3) is 3.30. The monoisotopic (exact) mass is 220 g/mol. The summed E-state index contributed by atoms with van der Waals surface area (Å²) in [6, 6.07) is 9.91. The Hall–Kier alpha value is -0.900. The maximum atomic E-state index is 10.0. The van der Waals surface area contributed by atoms with E-state index in [4.69, 9.17) is 0 Å². The van der Waals surface area contributed by atoms with Gasteiger partial charge in [-0.2, -0.15) is 0 Å². The number of hydrogen-bond acceptors (Lipinski definition) is 3. The minimum atomic E-state index is -0.323. The van der Waals surface area contributed by atoms with Gasteiger partial charge in [0.25, 0.3) is 0 Å². The lowest BCUT2D eigenvalue weighted by Crippen LogP contribution is -2.44. The van der Waals surface area contributed by atoms with Crippen molar-refractivity contribution >= 4 is 0 Å². The van der Waals surface area contributed by atoms with Crippen LogP contribution in [0.25, 0.3) is 0 Å². The van der Waals surface area contributed by atoms with Crippen LogP contribution in [-0.2, 0) is 0 Å². The first-order valence-electron chi connectivity index (χ1n) is 6.02. The van der Waals surface area contributed by atoms with Crippen LogP contribution in [0.5, 0.6) is 0 Å². The zero-order valence-corrected chi connectivity index (χ0v) is 9.60. The SMILES string of the molecule is OC(CCN1CCNCC1)c1ccccc1. The lowest BCUT2D eigenvalue weighted by atomic mass is 10.1. The van der Waals surface area contributed by atoms with E-state index in [1.54, 1.807) is 0 Å². The van der Waals surface area contributed by atoms with E-state index in [2.05, 4.69) is 10.2 Å². The molecule has 1 aromatic carbocycles. The molecule has 0 aromatic heterocycles.